The topological polar surface area (TPSA) is 9.23 Å². The molecule has 1 atom stereocenters. The lowest BCUT2D eigenvalue weighted by molar-refractivity contribution is 0.184. The van der Waals surface area contributed by atoms with E-state index in [0.717, 1.165) is 34.0 Å². The van der Waals surface area contributed by atoms with E-state index >= 15 is 0 Å². The zero-order valence-electron chi connectivity index (χ0n) is 12.2. The second-order valence-corrected chi connectivity index (χ2v) is 5.45. The molecule has 20 heavy (non-hydrogen) atoms. The second-order valence-electron chi connectivity index (χ2n) is 5.04. The van der Waals surface area contributed by atoms with Crippen molar-refractivity contribution in [3.8, 4) is 11.1 Å². The van der Waals surface area contributed by atoms with E-state index in [-0.39, 0.29) is 5.82 Å². The number of ether oxygens (including phenoxy) is 1. The fourth-order valence-corrected chi connectivity index (χ4v) is 2.75. The first kappa shape index (κ1) is 15.2. The van der Waals surface area contributed by atoms with Crippen LogP contribution in [0.4, 0.5) is 4.39 Å². The highest BCUT2D eigenvalue weighted by molar-refractivity contribution is 7.15. The van der Waals surface area contributed by atoms with Crippen LogP contribution in [0.5, 0.6) is 0 Å². The first-order valence-electron chi connectivity index (χ1n) is 6.64. The molecular weight excluding hydrogens is 270 g/mol. The van der Waals surface area contributed by atoms with Crippen molar-refractivity contribution in [1.29, 1.82) is 0 Å². The SMILES string of the molecule is COCc1cc(-c2cc(C)c(CP)cc2F)ccc1C. The van der Waals surface area contributed by atoms with Gasteiger partial charge in [-0.3, -0.25) is 0 Å². The van der Waals surface area contributed by atoms with Gasteiger partial charge >= 0.3 is 0 Å². The van der Waals surface area contributed by atoms with Crippen molar-refractivity contribution in [3.63, 3.8) is 0 Å². The molecule has 0 bridgehead atoms. The molecule has 0 aliphatic heterocycles. The van der Waals surface area contributed by atoms with E-state index in [1.165, 1.54) is 0 Å². The third kappa shape index (κ3) is 3.08. The lowest BCUT2D eigenvalue weighted by Crippen LogP contribution is -1.95. The van der Waals surface area contributed by atoms with Gasteiger partial charge in [0.1, 0.15) is 5.82 Å². The standard InChI is InChI=1S/C17H20FOP/c1-11-4-5-13(7-14(11)9-19-3)16-6-12(2)15(10-20)8-17(16)18/h4-8H,9-10,20H2,1-3H3. The Labute approximate surface area is 122 Å². The van der Waals surface area contributed by atoms with Gasteiger partial charge in [0.05, 0.1) is 6.61 Å². The largest absolute Gasteiger partial charge is 0.380 e. The Hall–Kier alpha value is -1.24. The molecule has 106 valence electrons. The van der Waals surface area contributed by atoms with Gasteiger partial charge in [-0.05, 0) is 66.0 Å². The Morgan fingerprint density at radius 1 is 1.05 bits per heavy atom. The third-order valence-electron chi connectivity index (χ3n) is 3.61. The molecule has 0 aromatic heterocycles. The van der Waals surface area contributed by atoms with Gasteiger partial charge in [0.25, 0.3) is 0 Å². The Kier molecular flexibility index (Phi) is 4.91. The number of aryl methyl sites for hydroxylation is 2. The van der Waals surface area contributed by atoms with Crippen molar-refractivity contribution in [2.24, 2.45) is 0 Å². The molecule has 0 saturated carbocycles. The van der Waals surface area contributed by atoms with Crippen molar-refractivity contribution in [3.05, 3.63) is 58.4 Å². The van der Waals surface area contributed by atoms with E-state index in [0.29, 0.717) is 12.2 Å². The van der Waals surface area contributed by atoms with E-state index in [9.17, 15) is 4.39 Å². The quantitative estimate of drug-likeness (QED) is 0.746. The number of benzene rings is 2. The second kappa shape index (κ2) is 6.47. The zero-order valence-corrected chi connectivity index (χ0v) is 13.3. The summed E-state index contributed by atoms with van der Waals surface area (Å²) in [6.45, 7) is 4.60. The average molecular weight is 290 g/mol. The maximum absolute atomic E-state index is 14.3. The van der Waals surface area contributed by atoms with Gasteiger partial charge in [0.15, 0.2) is 0 Å². The summed E-state index contributed by atoms with van der Waals surface area (Å²) in [5.74, 6) is -0.166. The number of rotatable bonds is 4. The minimum absolute atomic E-state index is 0.166. The lowest BCUT2D eigenvalue weighted by atomic mass is 9.96. The highest BCUT2D eigenvalue weighted by Gasteiger charge is 2.10. The van der Waals surface area contributed by atoms with E-state index < -0.39 is 0 Å². The van der Waals surface area contributed by atoms with Crippen LogP contribution in [0.3, 0.4) is 0 Å². The average Bonchev–Trinajstić information content (AvgIpc) is 2.43. The Bertz CT molecular complexity index is 623. The fraction of sp³-hybridized carbons (Fsp3) is 0.294. The van der Waals surface area contributed by atoms with Crippen LogP contribution in [0.1, 0.15) is 22.3 Å². The van der Waals surface area contributed by atoms with Crippen LogP contribution >= 0.6 is 9.24 Å². The van der Waals surface area contributed by atoms with E-state index in [1.807, 2.05) is 38.1 Å². The van der Waals surface area contributed by atoms with Gasteiger partial charge in [0, 0.05) is 12.7 Å². The molecule has 1 unspecified atom stereocenters. The predicted molar refractivity (Wildman–Crippen MR) is 85.4 cm³/mol. The molecule has 0 spiro atoms. The highest BCUT2D eigenvalue weighted by atomic mass is 31.0. The van der Waals surface area contributed by atoms with Gasteiger partial charge in [-0.2, -0.15) is 0 Å². The van der Waals surface area contributed by atoms with E-state index in [4.69, 9.17) is 4.74 Å². The molecule has 2 aromatic carbocycles. The van der Waals surface area contributed by atoms with Gasteiger partial charge in [-0.15, -0.1) is 9.24 Å². The van der Waals surface area contributed by atoms with Crippen LogP contribution < -0.4 is 0 Å². The summed E-state index contributed by atoms with van der Waals surface area (Å²) in [7, 11) is 4.31. The van der Waals surface area contributed by atoms with Crippen molar-refractivity contribution >= 4 is 9.24 Å². The van der Waals surface area contributed by atoms with Crippen molar-refractivity contribution in [2.75, 3.05) is 7.11 Å². The first-order chi connectivity index (χ1) is 9.56. The maximum Gasteiger partial charge on any atom is 0.131 e. The Balaban J connectivity index is 2.51. The molecule has 0 N–H and O–H groups in total. The van der Waals surface area contributed by atoms with Crippen LogP contribution in [0, 0.1) is 19.7 Å². The molecule has 2 aromatic rings. The number of hydrogen-bond donors (Lipinski definition) is 0. The molecule has 0 heterocycles. The molecule has 2 rings (SSSR count). The van der Waals surface area contributed by atoms with Crippen LogP contribution in [0.2, 0.25) is 0 Å². The zero-order chi connectivity index (χ0) is 14.7. The highest BCUT2D eigenvalue weighted by Crippen LogP contribution is 2.28. The number of halogens is 1. The number of methoxy groups -OCH3 is 1. The molecule has 0 fully saturated rings. The first-order valence-corrected chi connectivity index (χ1v) is 7.46. The molecule has 0 radical (unpaired) electrons. The molecule has 3 heteroatoms. The summed E-state index contributed by atoms with van der Waals surface area (Å²) in [6.07, 6.45) is 0.770. The fourth-order valence-electron chi connectivity index (χ4n) is 2.31. The Morgan fingerprint density at radius 3 is 2.45 bits per heavy atom. The van der Waals surface area contributed by atoms with Gasteiger partial charge in [-0.1, -0.05) is 12.1 Å². The van der Waals surface area contributed by atoms with Gasteiger partial charge in [0.2, 0.25) is 0 Å². The van der Waals surface area contributed by atoms with Crippen molar-refractivity contribution in [2.45, 2.75) is 26.6 Å². The molecular formula is C17H20FOP. The summed E-state index contributed by atoms with van der Waals surface area (Å²) < 4.78 is 19.5. The van der Waals surface area contributed by atoms with E-state index in [1.54, 1.807) is 13.2 Å². The third-order valence-corrected chi connectivity index (χ3v) is 4.05. The number of hydrogen-bond acceptors (Lipinski definition) is 1. The van der Waals surface area contributed by atoms with Crippen LogP contribution in [0.15, 0.2) is 30.3 Å². The molecule has 1 nitrogen and oxygen atoms in total. The van der Waals surface area contributed by atoms with Crippen LogP contribution in [-0.2, 0) is 17.5 Å². The molecule has 0 aliphatic rings. The van der Waals surface area contributed by atoms with Gasteiger partial charge in [-0.25, -0.2) is 4.39 Å². The van der Waals surface area contributed by atoms with E-state index in [2.05, 4.69) is 9.24 Å². The summed E-state index contributed by atoms with van der Waals surface area (Å²) in [6, 6.07) is 9.55. The van der Waals surface area contributed by atoms with Crippen LogP contribution in [0.25, 0.3) is 11.1 Å². The minimum atomic E-state index is -0.166. The van der Waals surface area contributed by atoms with Crippen molar-refractivity contribution in [1.82, 2.24) is 0 Å². The maximum atomic E-state index is 14.3. The summed E-state index contributed by atoms with van der Waals surface area (Å²) in [5, 5.41) is 0. The monoisotopic (exact) mass is 290 g/mol. The van der Waals surface area contributed by atoms with Crippen molar-refractivity contribution < 1.29 is 9.13 Å². The van der Waals surface area contributed by atoms with Gasteiger partial charge < -0.3 is 4.74 Å². The molecule has 0 saturated heterocycles. The Morgan fingerprint density at radius 2 is 1.80 bits per heavy atom. The summed E-state index contributed by atoms with van der Waals surface area (Å²) in [5.41, 5.74) is 5.96. The molecule has 0 aliphatic carbocycles. The predicted octanol–water partition coefficient (Wildman–Crippen LogP) is 4.63. The minimum Gasteiger partial charge on any atom is -0.380 e. The van der Waals surface area contributed by atoms with Crippen LogP contribution in [-0.4, -0.2) is 7.11 Å². The smallest absolute Gasteiger partial charge is 0.131 e. The summed E-state index contributed by atoms with van der Waals surface area (Å²) >= 11 is 0. The summed E-state index contributed by atoms with van der Waals surface area (Å²) in [4.78, 5) is 0. The lowest BCUT2D eigenvalue weighted by Gasteiger charge is -2.12. The molecule has 0 amide bonds. The normalized spacial score (nSPS) is 10.8.